The summed E-state index contributed by atoms with van der Waals surface area (Å²) < 4.78 is 10.8. The lowest BCUT2D eigenvalue weighted by Gasteiger charge is -2.33. The van der Waals surface area contributed by atoms with Gasteiger partial charge in [0.1, 0.15) is 5.75 Å². The first kappa shape index (κ1) is 16.9. The molecule has 0 saturated carbocycles. The molecule has 0 unspecified atom stereocenters. The number of nitrogens with one attached hydrogen (secondary N) is 1. The van der Waals surface area contributed by atoms with Crippen LogP contribution in [0.4, 0.5) is 4.79 Å². The summed E-state index contributed by atoms with van der Waals surface area (Å²) >= 11 is 0. The van der Waals surface area contributed by atoms with Crippen molar-refractivity contribution in [2.75, 3.05) is 20.3 Å². The van der Waals surface area contributed by atoms with Crippen molar-refractivity contribution in [3.63, 3.8) is 0 Å². The molecule has 1 atom stereocenters. The Hall–Kier alpha value is -2.50. The standard InChI is InChI=1S/C17H22N2O4/c1-5-22-13-10-8-7-9-12(13)15-14(16(20)23-6-2)11(3)19(4)17(21)18-15/h7-10,15H,5-6H2,1-4H3,(H,18,21)/t15-/m1/s1. The molecule has 1 aromatic carbocycles. The zero-order valence-electron chi connectivity index (χ0n) is 13.9. The molecule has 0 aromatic heterocycles. The molecule has 0 radical (unpaired) electrons. The first-order valence-electron chi connectivity index (χ1n) is 7.65. The highest BCUT2D eigenvalue weighted by molar-refractivity contribution is 5.95. The third-order valence-electron chi connectivity index (χ3n) is 3.78. The fraction of sp³-hybridized carbons (Fsp3) is 0.412. The Labute approximate surface area is 136 Å². The smallest absolute Gasteiger partial charge is 0.338 e. The highest BCUT2D eigenvalue weighted by Crippen LogP contribution is 2.35. The van der Waals surface area contributed by atoms with Crippen molar-refractivity contribution < 1.29 is 19.1 Å². The lowest BCUT2D eigenvalue weighted by molar-refractivity contribution is -0.139. The maximum atomic E-state index is 12.4. The number of amides is 2. The normalized spacial score (nSPS) is 17.8. The predicted molar refractivity (Wildman–Crippen MR) is 86.0 cm³/mol. The minimum atomic E-state index is -0.597. The molecule has 0 aliphatic carbocycles. The van der Waals surface area contributed by atoms with E-state index in [1.165, 1.54) is 4.90 Å². The van der Waals surface area contributed by atoms with Crippen LogP contribution in [0.25, 0.3) is 0 Å². The van der Waals surface area contributed by atoms with Gasteiger partial charge in [0.25, 0.3) is 0 Å². The van der Waals surface area contributed by atoms with Crippen LogP contribution in [0, 0.1) is 0 Å². The third kappa shape index (κ3) is 3.31. The molecule has 0 saturated heterocycles. The molecule has 0 spiro atoms. The number of ether oxygens (including phenoxy) is 2. The Morgan fingerprint density at radius 1 is 1.26 bits per heavy atom. The lowest BCUT2D eigenvalue weighted by Crippen LogP contribution is -2.46. The molecular weight excluding hydrogens is 296 g/mol. The van der Waals surface area contributed by atoms with Gasteiger partial charge in [-0.15, -0.1) is 0 Å². The number of hydrogen-bond donors (Lipinski definition) is 1. The summed E-state index contributed by atoms with van der Waals surface area (Å²) in [5.74, 6) is 0.201. The van der Waals surface area contributed by atoms with E-state index in [4.69, 9.17) is 9.47 Å². The van der Waals surface area contributed by atoms with E-state index in [1.54, 1.807) is 20.9 Å². The van der Waals surface area contributed by atoms with Crippen LogP contribution in [-0.2, 0) is 9.53 Å². The number of rotatable bonds is 5. The van der Waals surface area contributed by atoms with Crippen molar-refractivity contribution >= 4 is 12.0 Å². The molecule has 2 rings (SSSR count). The summed E-state index contributed by atoms with van der Waals surface area (Å²) in [7, 11) is 1.62. The molecule has 0 fully saturated rings. The summed E-state index contributed by atoms with van der Waals surface area (Å²) in [5, 5.41) is 2.85. The van der Waals surface area contributed by atoms with E-state index in [2.05, 4.69) is 5.32 Å². The van der Waals surface area contributed by atoms with Gasteiger partial charge in [0, 0.05) is 18.3 Å². The van der Waals surface area contributed by atoms with E-state index >= 15 is 0 Å². The topological polar surface area (TPSA) is 67.9 Å². The Balaban J connectivity index is 2.54. The van der Waals surface area contributed by atoms with Gasteiger partial charge < -0.3 is 19.7 Å². The lowest BCUT2D eigenvalue weighted by atomic mass is 9.94. The van der Waals surface area contributed by atoms with Gasteiger partial charge in [0.2, 0.25) is 0 Å². The van der Waals surface area contributed by atoms with Crippen LogP contribution in [-0.4, -0.2) is 37.2 Å². The van der Waals surface area contributed by atoms with Crippen LogP contribution in [0.5, 0.6) is 5.75 Å². The summed E-state index contributed by atoms with van der Waals surface area (Å²) in [6.07, 6.45) is 0. The highest BCUT2D eigenvalue weighted by Gasteiger charge is 2.36. The number of allylic oxidation sites excluding steroid dienone is 1. The molecule has 1 N–H and O–H groups in total. The Bertz CT molecular complexity index is 639. The summed E-state index contributed by atoms with van der Waals surface area (Å²) in [4.78, 5) is 26.0. The molecule has 6 heteroatoms. The van der Waals surface area contributed by atoms with E-state index < -0.39 is 12.0 Å². The van der Waals surface area contributed by atoms with E-state index in [9.17, 15) is 9.59 Å². The second kappa shape index (κ2) is 7.17. The van der Waals surface area contributed by atoms with Gasteiger partial charge in [0.05, 0.1) is 24.8 Å². The van der Waals surface area contributed by atoms with Gasteiger partial charge in [-0.1, -0.05) is 18.2 Å². The van der Waals surface area contributed by atoms with Crippen molar-refractivity contribution in [2.45, 2.75) is 26.8 Å². The van der Waals surface area contributed by atoms with Crippen molar-refractivity contribution in [1.82, 2.24) is 10.2 Å². The first-order valence-corrected chi connectivity index (χ1v) is 7.65. The zero-order valence-corrected chi connectivity index (χ0v) is 13.9. The molecule has 1 aromatic rings. The van der Waals surface area contributed by atoms with Crippen LogP contribution >= 0.6 is 0 Å². The van der Waals surface area contributed by atoms with Crippen molar-refractivity contribution in [2.24, 2.45) is 0 Å². The first-order chi connectivity index (χ1) is 11.0. The van der Waals surface area contributed by atoms with E-state index in [0.29, 0.717) is 23.6 Å². The van der Waals surface area contributed by atoms with Crippen LogP contribution < -0.4 is 10.1 Å². The van der Waals surface area contributed by atoms with Crippen LogP contribution in [0.2, 0.25) is 0 Å². The molecule has 23 heavy (non-hydrogen) atoms. The monoisotopic (exact) mass is 318 g/mol. The van der Waals surface area contributed by atoms with Crippen LogP contribution in [0.15, 0.2) is 35.5 Å². The maximum Gasteiger partial charge on any atom is 0.338 e. The van der Waals surface area contributed by atoms with Crippen LogP contribution in [0.3, 0.4) is 0 Å². The fourth-order valence-corrected chi connectivity index (χ4v) is 2.55. The van der Waals surface area contributed by atoms with E-state index in [-0.39, 0.29) is 12.6 Å². The van der Waals surface area contributed by atoms with Gasteiger partial charge in [-0.3, -0.25) is 0 Å². The number of benzene rings is 1. The molecule has 2 amide bonds. The second-order valence-corrected chi connectivity index (χ2v) is 5.13. The number of nitrogens with zero attached hydrogens (tertiary/aromatic N) is 1. The number of esters is 1. The average molecular weight is 318 g/mol. The Morgan fingerprint density at radius 3 is 2.61 bits per heavy atom. The SMILES string of the molecule is CCOC(=O)C1=C(C)N(C)C(=O)N[C@@H]1c1ccccc1OCC. The number of carbonyl (C=O) groups is 2. The maximum absolute atomic E-state index is 12.4. The van der Waals surface area contributed by atoms with E-state index in [0.717, 1.165) is 5.56 Å². The minimum Gasteiger partial charge on any atom is -0.494 e. The molecule has 1 aliphatic rings. The summed E-state index contributed by atoms with van der Waals surface area (Å²) in [6, 6.07) is 6.49. The van der Waals surface area contributed by atoms with Gasteiger partial charge in [-0.2, -0.15) is 0 Å². The van der Waals surface area contributed by atoms with Crippen molar-refractivity contribution in [1.29, 1.82) is 0 Å². The molecule has 0 bridgehead atoms. The Morgan fingerprint density at radius 2 is 1.96 bits per heavy atom. The van der Waals surface area contributed by atoms with Gasteiger partial charge in [-0.25, -0.2) is 9.59 Å². The zero-order chi connectivity index (χ0) is 17.0. The van der Waals surface area contributed by atoms with Gasteiger partial charge in [-0.05, 0) is 26.8 Å². The largest absolute Gasteiger partial charge is 0.494 e. The van der Waals surface area contributed by atoms with Crippen molar-refractivity contribution in [3.8, 4) is 5.75 Å². The van der Waals surface area contributed by atoms with Gasteiger partial charge >= 0.3 is 12.0 Å². The number of para-hydroxylation sites is 1. The number of hydrogen-bond acceptors (Lipinski definition) is 4. The number of carbonyl (C=O) groups excluding carboxylic acids is 2. The molecule has 6 nitrogen and oxygen atoms in total. The Kier molecular flexibility index (Phi) is 5.26. The minimum absolute atomic E-state index is 0.271. The third-order valence-corrected chi connectivity index (χ3v) is 3.78. The van der Waals surface area contributed by atoms with Crippen molar-refractivity contribution in [3.05, 3.63) is 41.1 Å². The second-order valence-electron chi connectivity index (χ2n) is 5.13. The molecule has 124 valence electrons. The summed E-state index contributed by atoms with van der Waals surface area (Å²) in [6.45, 7) is 6.14. The molecule has 1 heterocycles. The quantitative estimate of drug-likeness (QED) is 0.847. The van der Waals surface area contributed by atoms with E-state index in [1.807, 2.05) is 31.2 Å². The highest BCUT2D eigenvalue weighted by atomic mass is 16.5. The molecular formula is C17H22N2O4. The van der Waals surface area contributed by atoms with Gasteiger partial charge in [0.15, 0.2) is 0 Å². The van der Waals surface area contributed by atoms with Crippen LogP contribution in [0.1, 0.15) is 32.4 Å². The fourth-order valence-electron chi connectivity index (χ4n) is 2.55. The predicted octanol–water partition coefficient (Wildman–Crippen LogP) is 2.62. The number of urea groups is 1. The summed E-state index contributed by atoms with van der Waals surface area (Å²) in [5.41, 5.74) is 1.72. The molecule has 1 aliphatic heterocycles. The average Bonchev–Trinajstić information content (AvgIpc) is 2.53.